The smallest absolute Gasteiger partial charge is 0.260 e. The van der Waals surface area contributed by atoms with Crippen LogP contribution < -0.4 is 5.43 Å². The van der Waals surface area contributed by atoms with Crippen molar-refractivity contribution in [2.75, 3.05) is 0 Å². The molecule has 0 radical (unpaired) electrons. The van der Waals surface area contributed by atoms with E-state index in [0.717, 1.165) is 27.4 Å². The first-order valence-electron chi connectivity index (χ1n) is 8.01. The minimum Gasteiger partial charge on any atom is -0.321 e. The van der Waals surface area contributed by atoms with E-state index in [1.165, 1.54) is 0 Å². The molecular formula is C20H16N4O. The summed E-state index contributed by atoms with van der Waals surface area (Å²) in [5, 5.41) is 6.34. The van der Waals surface area contributed by atoms with Crippen LogP contribution in [0.25, 0.3) is 21.8 Å². The molecule has 4 aromatic rings. The Labute approximate surface area is 144 Å². The zero-order valence-electron chi connectivity index (χ0n) is 13.5. The molecule has 0 atom stereocenters. The second-order valence-electron chi connectivity index (χ2n) is 5.72. The van der Waals surface area contributed by atoms with E-state index in [-0.39, 0.29) is 12.5 Å². The van der Waals surface area contributed by atoms with Crippen molar-refractivity contribution in [3.63, 3.8) is 0 Å². The van der Waals surface area contributed by atoms with Gasteiger partial charge in [-0.25, -0.2) is 10.4 Å². The second kappa shape index (κ2) is 6.57. The molecule has 1 heterocycles. The molecule has 5 nitrogen and oxygen atoms in total. The number of amides is 1. The minimum atomic E-state index is -0.195. The molecule has 0 aliphatic heterocycles. The molecular weight excluding hydrogens is 312 g/mol. The molecule has 25 heavy (non-hydrogen) atoms. The van der Waals surface area contributed by atoms with Gasteiger partial charge in [-0.3, -0.25) is 4.79 Å². The molecule has 1 N–H and O–H groups in total. The molecule has 0 bridgehead atoms. The van der Waals surface area contributed by atoms with Crippen molar-refractivity contribution >= 4 is 33.9 Å². The van der Waals surface area contributed by atoms with E-state index in [2.05, 4.69) is 27.6 Å². The Hall–Kier alpha value is -3.47. The van der Waals surface area contributed by atoms with Gasteiger partial charge in [0, 0.05) is 5.56 Å². The van der Waals surface area contributed by atoms with Gasteiger partial charge in [0.05, 0.1) is 23.6 Å². The summed E-state index contributed by atoms with van der Waals surface area (Å²) in [5.74, 6) is -0.195. The van der Waals surface area contributed by atoms with Gasteiger partial charge in [-0.05, 0) is 22.9 Å². The molecule has 0 aliphatic carbocycles. The number of carbonyl (C=O) groups excluding carboxylic acids is 1. The van der Waals surface area contributed by atoms with E-state index in [0.29, 0.717) is 0 Å². The third-order valence-corrected chi connectivity index (χ3v) is 4.06. The Balaban J connectivity index is 1.47. The number of aromatic nitrogens is 2. The summed E-state index contributed by atoms with van der Waals surface area (Å²) in [5.41, 5.74) is 5.34. The van der Waals surface area contributed by atoms with Crippen LogP contribution >= 0.6 is 0 Å². The second-order valence-corrected chi connectivity index (χ2v) is 5.72. The number of nitrogens with zero attached hydrogens (tertiary/aromatic N) is 3. The molecule has 0 aliphatic rings. The first-order chi connectivity index (χ1) is 12.3. The van der Waals surface area contributed by atoms with Gasteiger partial charge in [0.1, 0.15) is 6.54 Å². The lowest BCUT2D eigenvalue weighted by Gasteiger charge is -2.04. The van der Waals surface area contributed by atoms with Crippen LogP contribution in [0.1, 0.15) is 5.56 Å². The zero-order valence-corrected chi connectivity index (χ0v) is 13.5. The number of carbonyl (C=O) groups is 1. The monoisotopic (exact) mass is 328 g/mol. The Morgan fingerprint density at radius 1 is 1.04 bits per heavy atom. The predicted molar refractivity (Wildman–Crippen MR) is 99.4 cm³/mol. The first kappa shape index (κ1) is 15.1. The summed E-state index contributed by atoms with van der Waals surface area (Å²) >= 11 is 0. The lowest BCUT2D eigenvalue weighted by atomic mass is 10.1. The van der Waals surface area contributed by atoms with Crippen LogP contribution in [0.5, 0.6) is 0 Å². The summed E-state index contributed by atoms with van der Waals surface area (Å²) < 4.78 is 1.80. The topological polar surface area (TPSA) is 59.3 Å². The minimum absolute atomic E-state index is 0.174. The quantitative estimate of drug-likeness (QED) is 0.461. The molecule has 1 aromatic heterocycles. The summed E-state index contributed by atoms with van der Waals surface area (Å²) in [6.07, 6.45) is 3.34. The summed E-state index contributed by atoms with van der Waals surface area (Å²) in [6, 6.07) is 21.8. The average molecular weight is 328 g/mol. The van der Waals surface area contributed by atoms with Gasteiger partial charge in [0.15, 0.2) is 0 Å². The molecule has 5 heteroatoms. The summed E-state index contributed by atoms with van der Waals surface area (Å²) in [6.45, 7) is 0.174. The number of para-hydroxylation sites is 2. The Morgan fingerprint density at radius 2 is 1.84 bits per heavy atom. The van der Waals surface area contributed by atoms with Crippen LogP contribution in [0.2, 0.25) is 0 Å². The van der Waals surface area contributed by atoms with Crippen LogP contribution in [0.15, 0.2) is 78.2 Å². The highest BCUT2D eigenvalue weighted by atomic mass is 16.2. The van der Waals surface area contributed by atoms with Crippen LogP contribution in [0, 0.1) is 0 Å². The Morgan fingerprint density at radius 3 is 2.80 bits per heavy atom. The molecule has 0 unspecified atom stereocenters. The van der Waals surface area contributed by atoms with Crippen molar-refractivity contribution in [1.82, 2.24) is 15.0 Å². The lowest BCUT2D eigenvalue weighted by molar-refractivity contribution is -0.121. The summed E-state index contributed by atoms with van der Waals surface area (Å²) in [4.78, 5) is 16.4. The van der Waals surface area contributed by atoms with E-state index in [1.807, 2.05) is 54.6 Å². The van der Waals surface area contributed by atoms with Crippen LogP contribution in [0.3, 0.4) is 0 Å². The normalized spacial score (nSPS) is 11.4. The van der Waals surface area contributed by atoms with Gasteiger partial charge in [0.25, 0.3) is 5.91 Å². The number of benzene rings is 3. The molecule has 0 saturated heterocycles. The average Bonchev–Trinajstić information content (AvgIpc) is 3.05. The molecule has 0 fully saturated rings. The molecule has 3 aromatic carbocycles. The third-order valence-electron chi connectivity index (χ3n) is 4.06. The number of hydrogen-bond acceptors (Lipinski definition) is 3. The summed E-state index contributed by atoms with van der Waals surface area (Å²) in [7, 11) is 0. The molecule has 4 rings (SSSR count). The number of hydrazone groups is 1. The van der Waals surface area contributed by atoms with Crippen molar-refractivity contribution in [2.24, 2.45) is 5.10 Å². The van der Waals surface area contributed by atoms with Crippen LogP contribution in [-0.2, 0) is 11.3 Å². The predicted octanol–water partition coefficient (Wildman–Crippen LogP) is 3.34. The fourth-order valence-corrected chi connectivity index (χ4v) is 2.86. The van der Waals surface area contributed by atoms with E-state index >= 15 is 0 Å². The van der Waals surface area contributed by atoms with Crippen molar-refractivity contribution in [3.05, 3.63) is 78.6 Å². The maximum atomic E-state index is 12.1. The SMILES string of the molecule is O=C(Cn1cnc2ccccc21)N/N=C/c1cccc2ccccc12. The van der Waals surface area contributed by atoms with Gasteiger partial charge in [-0.15, -0.1) is 0 Å². The van der Waals surface area contributed by atoms with Crippen molar-refractivity contribution in [3.8, 4) is 0 Å². The van der Waals surface area contributed by atoms with E-state index in [4.69, 9.17) is 0 Å². The van der Waals surface area contributed by atoms with Gasteiger partial charge in [0.2, 0.25) is 0 Å². The Bertz CT molecular complexity index is 1080. The molecule has 122 valence electrons. The number of rotatable bonds is 4. The third kappa shape index (κ3) is 3.12. The Kier molecular flexibility index (Phi) is 3.96. The molecule has 0 spiro atoms. The van der Waals surface area contributed by atoms with Gasteiger partial charge in [-0.1, -0.05) is 54.6 Å². The zero-order chi connectivity index (χ0) is 17.1. The van der Waals surface area contributed by atoms with Crippen LogP contribution in [0.4, 0.5) is 0 Å². The molecule has 0 saturated carbocycles. The maximum absolute atomic E-state index is 12.1. The van der Waals surface area contributed by atoms with Crippen molar-refractivity contribution in [1.29, 1.82) is 0 Å². The largest absolute Gasteiger partial charge is 0.321 e. The first-order valence-corrected chi connectivity index (χ1v) is 8.01. The highest BCUT2D eigenvalue weighted by Crippen LogP contribution is 2.16. The highest BCUT2D eigenvalue weighted by Gasteiger charge is 2.06. The lowest BCUT2D eigenvalue weighted by Crippen LogP contribution is -2.22. The number of nitrogens with one attached hydrogen (secondary N) is 1. The molecule has 1 amide bonds. The standard InChI is InChI=1S/C20H16N4O/c25-20(13-24-14-21-18-10-3-4-11-19(18)24)23-22-12-16-8-5-7-15-6-1-2-9-17(15)16/h1-12,14H,13H2,(H,23,25)/b22-12+. The van der Waals surface area contributed by atoms with E-state index in [1.54, 1.807) is 17.1 Å². The van der Waals surface area contributed by atoms with Crippen molar-refractivity contribution in [2.45, 2.75) is 6.54 Å². The number of imidazole rings is 1. The van der Waals surface area contributed by atoms with E-state index in [9.17, 15) is 4.79 Å². The number of fused-ring (bicyclic) bond motifs is 2. The van der Waals surface area contributed by atoms with Crippen LogP contribution in [-0.4, -0.2) is 21.7 Å². The van der Waals surface area contributed by atoms with Gasteiger partial charge in [-0.2, -0.15) is 5.10 Å². The van der Waals surface area contributed by atoms with E-state index < -0.39 is 0 Å². The maximum Gasteiger partial charge on any atom is 0.260 e. The van der Waals surface area contributed by atoms with Crippen molar-refractivity contribution < 1.29 is 4.79 Å². The fraction of sp³-hybridized carbons (Fsp3) is 0.0500. The number of hydrogen-bond donors (Lipinski definition) is 1. The highest BCUT2D eigenvalue weighted by molar-refractivity contribution is 5.99. The fourth-order valence-electron chi connectivity index (χ4n) is 2.86. The van der Waals surface area contributed by atoms with Gasteiger partial charge < -0.3 is 4.57 Å². The van der Waals surface area contributed by atoms with Gasteiger partial charge >= 0.3 is 0 Å².